The van der Waals surface area contributed by atoms with Crippen LogP contribution in [-0.4, -0.2) is 48.9 Å². The summed E-state index contributed by atoms with van der Waals surface area (Å²) in [4.78, 5) is 13.2. The molecule has 0 radical (unpaired) electrons. The van der Waals surface area contributed by atoms with E-state index in [1.165, 1.54) is 11.1 Å². The normalized spacial score (nSPS) is 11.8. The van der Waals surface area contributed by atoms with Gasteiger partial charge < -0.3 is 15.1 Å². The molecule has 2 aromatic rings. The summed E-state index contributed by atoms with van der Waals surface area (Å²) in [5.41, 5.74) is 3.66. The second-order valence-electron chi connectivity index (χ2n) is 6.17. The van der Waals surface area contributed by atoms with Gasteiger partial charge in [-0.05, 0) is 32.1 Å². The minimum atomic E-state index is 0.755. The van der Waals surface area contributed by atoms with E-state index in [9.17, 15) is 0 Å². The lowest BCUT2D eigenvalue weighted by molar-refractivity contribution is 0.402. The first-order valence-corrected chi connectivity index (χ1v) is 8.91. The van der Waals surface area contributed by atoms with Crippen LogP contribution in [0.5, 0.6) is 0 Å². The van der Waals surface area contributed by atoms with Crippen LogP contribution in [-0.2, 0) is 19.6 Å². The van der Waals surface area contributed by atoms with Gasteiger partial charge in [0.25, 0.3) is 0 Å². The molecule has 0 aliphatic carbocycles. The predicted octanol–water partition coefficient (Wildman–Crippen LogP) is 2.72. The van der Waals surface area contributed by atoms with Crippen LogP contribution < -0.4 is 5.32 Å². The molecule has 0 bridgehead atoms. The molecule has 0 saturated carbocycles. The summed E-state index contributed by atoms with van der Waals surface area (Å²) in [6, 6.07) is 8.66. The molecule has 0 amide bonds. The van der Waals surface area contributed by atoms with Crippen LogP contribution in [0.4, 0.5) is 0 Å². The molecule has 130 valence electrons. The van der Waals surface area contributed by atoms with E-state index >= 15 is 0 Å². The smallest absolute Gasteiger partial charge is 0.194 e. The number of hydrogen-bond acceptors (Lipinski definition) is 4. The molecule has 1 N–H and O–H groups in total. The third-order valence-corrected chi connectivity index (χ3v) is 4.40. The zero-order chi connectivity index (χ0) is 17.5. The van der Waals surface area contributed by atoms with Crippen LogP contribution in [0.3, 0.4) is 0 Å². The largest absolute Gasteiger partial charge is 0.352 e. The van der Waals surface area contributed by atoms with Gasteiger partial charge in [-0.2, -0.15) is 0 Å². The minimum absolute atomic E-state index is 0.755. The van der Waals surface area contributed by atoms with Gasteiger partial charge in [0.1, 0.15) is 0 Å². The van der Waals surface area contributed by atoms with Crippen molar-refractivity contribution in [1.29, 1.82) is 0 Å². The average Bonchev–Trinajstić information content (AvgIpc) is 2.92. The van der Waals surface area contributed by atoms with Gasteiger partial charge in [0, 0.05) is 32.6 Å². The molecule has 0 fully saturated rings. The van der Waals surface area contributed by atoms with E-state index in [0.29, 0.717) is 0 Å². The van der Waals surface area contributed by atoms with Gasteiger partial charge in [0.05, 0.1) is 17.2 Å². The summed E-state index contributed by atoms with van der Waals surface area (Å²) in [7, 11) is 8.02. The number of nitrogens with zero attached hydrogens (tertiary/aromatic N) is 4. The molecule has 1 heterocycles. The SMILES string of the molecule is CN=C(NCc1cccc(CN(C)C)c1)N(C)Cc1csc(C)n1. The summed E-state index contributed by atoms with van der Waals surface area (Å²) in [5, 5.41) is 6.63. The highest BCUT2D eigenvalue weighted by Gasteiger charge is 2.08. The van der Waals surface area contributed by atoms with E-state index in [4.69, 9.17) is 0 Å². The van der Waals surface area contributed by atoms with Crippen molar-refractivity contribution in [2.45, 2.75) is 26.6 Å². The van der Waals surface area contributed by atoms with Gasteiger partial charge in [0.15, 0.2) is 5.96 Å². The summed E-state index contributed by atoms with van der Waals surface area (Å²) >= 11 is 1.68. The van der Waals surface area contributed by atoms with E-state index in [2.05, 4.69) is 68.8 Å². The number of aromatic nitrogens is 1. The molecule has 0 saturated heterocycles. The molecular formula is C18H27N5S. The van der Waals surface area contributed by atoms with Crippen LogP contribution in [0.25, 0.3) is 0 Å². The Balaban J connectivity index is 1.93. The molecule has 24 heavy (non-hydrogen) atoms. The van der Waals surface area contributed by atoms with Crippen LogP contribution in [0.15, 0.2) is 34.6 Å². The maximum atomic E-state index is 4.51. The standard InChI is InChI=1S/C18H27N5S/c1-14-21-17(13-24-14)12-23(5)18(19-2)20-10-15-7-6-8-16(9-15)11-22(3)4/h6-9,13H,10-12H2,1-5H3,(H,19,20). The number of aliphatic imine (C=N–C) groups is 1. The molecule has 0 atom stereocenters. The number of nitrogens with one attached hydrogen (secondary N) is 1. The number of benzene rings is 1. The van der Waals surface area contributed by atoms with Crippen LogP contribution >= 0.6 is 11.3 Å². The van der Waals surface area contributed by atoms with Crippen molar-refractivity contribution in [3.63, 3.8) is 0 Å². The molecule has 0 unspecified atom stereocenters. The van der Waals surface area contributed by atoms with Crippen molar-refractivity contribution in [2.75, 3.05) is 28.2 Å². The topological polar surface area (TPSA) is 43.8 Å². The quantitative estimate of drug-likeness (QED) is 0.646. The number of thiazole rings is 1. The lowest BCUT2D eigenvalue weighted by atomic mass is 10.1. The van der Waals surface area contributed by atoms with Crippen molar-refractivity contribution in [3.05, 3.63) is 51.5 Å². The molecule has 6 heteroatoms. The second-order valence-corrected chi connectivity index (χ2v) is 7.23. The molecule has 0 aliphatic rings. The summed E-state index contributed by atoms with van der Waals surface area (Å²) in [6.07, 6.45) is 0. The molecule has 1 aromatic heterocycles. The van der Waals surface area contributed by atoms with Crippen LogP contribution in [0, 0.1) is 6.92 Å². The highest BCUT2D eigenvalue weighted by molar-refractivity contribution is 7.09. The van der Waals surface area contributed by atoms with E-state index < -0.39 is 0 Å². The third-order valence-electron chi connectivity index (χ3n) is 3.58. The summed E-state index contributed by atoms with van der Waals surface area (Å²) < 4.78 is 0. The van der Waals surface area contributed by atoms with Gasteiger partial charge in [-0.25, -0.2) is 4.98 Å². The zero-order valence-corrected chi connectivity index (χ0v) is 16.0. The maximum Gasteiger partial charge on any atom is 0.194 e. The number of hydrogen-bond donors (Lipinski definition) is 1. The van der Waals surface area contributed by atoms with Crippen LogP contribution in [0.2, 0.25) is 0 Å². The maximum absolute atomic E-state index is 4.51. The Labute approximate surface area is 149 Å². The van der Waals surface area contributed by atoms with Crippen molar-refractivity contribution < 1.29 is 0 Å². The monoisotopic (exact) mass is 345 g/mol. The van der Waals surface area contributed by atoms with Gasteiger partial charge in [-0.3, -0.25) is 4.99 Å². The molecule has 0 aliphatic heterocycles. The first kappa shape index (κ1) is 18.4. The first-order valence-electron chi connectivity index (χ1n) is 8.03. The lowest BCUT2D eigenvalue weighted by Gasteiger charge is -2.21. The van der Waals surface area contributed by atoms with Gasteiger partial charge in [0.2, 0.25) is 0 Å². The molecule has 1 aromatic carbocycles. The Hall–Kier alpha value is -1.92. The predicted molar refractivity (Wildman–Crippen MR) is 102 cm³/mol. The molecular weight excluding hydrogens is 318 g/mol. The molecule has 2 rings (SSSR count). The molecule has 5 nitrogen and oxygen atoms in total. The fourth-order valence-corrected chi connectivity index (χ4v) is 3.17. The van der Waals surface area contributed by atoms with E-state index in [-0.39, 0.29) is 0 Å². The number of guanidine groups is 1. The second kappa shape index (κ2) is 8.80. The number of aryl methyl sites for hydroxylation is 1. The first-order chi connectivity index (χ1) is 11.5. The highest BCUT2D eigenvalue weighted by atomic mass is 32.1. The lowest BCUT2D eigenvalue weighted by Crippen LogP contribution is -2.38. The van der Waals surface area contributed by atoms with E-state index in [0.717, 1.165) is 36.3 Å². The van der Waals surface area contributed by atoms with Gasteiger partial charge in [-0.15, -0.1) is 11.3 Å². The minimum Gasteiger partial charge on any atom is -0.352 e. The Morgan fingerprint density at radius 2 is 1.96 bits per heavy atom. The zero-order valence-electron chi connectivity index (χ0n) is 15.2. The van der Waals surface area contributed by atoms with Crippen molar-refractivity contribution in [3.8, 4) is 0 Å². The Morgan fingerprint density at radius 3 is 2.58 bits per heavy atom. The van der Waals surface area contributed by atoms with Crippen molar-refractivity contribution in [2.24, 2.45) is 4.99 Å². The summed E-state index contributed by atoms with van der Waals surface area (Å²) in [6.45, 7) is 4.49. The van der Waals surface area contributed by atoms with E-state index in [1.807, 2.05) is 21.0 Å². The highest BCUT2D eigenvalue weighted by Crippen LogP contribution is 2.10. The fraction of sp³-hybridized carbons (Fsp3) is 0.444. The van der Waals surface area contributed by atoms with Crippen molar-refractivity contribution >= 4 is 17.3 Å². The van der Waals surface area contributed by atoms with Gasteiger partial charge >= 0.3 is 0 Å². The fourth-order valence-electron chi connectivity index (χ4n) is 2.57. The Morgan fingerprint density at radius 1 is 1.21 bits per heavy atom. The van der Waals surface area contributed by atoms with Gasteiger partial charge in [-0.1, -0.05) is 24.3 Å². The average molecular weight is 346 g/mol. The van der Waals surface area contributed by atoms with E-state index in [1.54, 1.807) is 11.3 Å². The Kier molecular flexibility index (Phi) is 6.75. The number of rotatable bonds is 6. The van der Waals surface area contributed by atoms with Crippen molar-refractivity contribution in [1.82, 2.24) is 20.1 Å². The van der Waals surface area contributed by atoms with Crippen LogP contribution in [0.1, 0.15) is 21.8 Å². The third kappa shape index (κ3) is 5.62. The Bertz CT molecular complexity index is 678. The molecule has 0 spiro atoms. The summed E-state index contributed by atoms with van der Waals surface area (Å²) in [5.74, 6) is 0.874.